The van der Waals surface area contributed by atoms with Crippen LogP contribution in [-0.2, 0) is 35.1 Å². The van der Waals surface area contributed by atoms with Gasteiger partial charge in [-0.2, -0.15) is 40.6 Å². The van der Waals surface area contributed by atoms with Crippen LogP contribution in [0.2, 0.25) is 0 Å². The quantitative estimate of drug-likeness (QED) is 0.0398. The van der Waals surface area contributed by atoms with Crippen LogP contribution in [0, 0.1) is 0 Å². The van der Waals surface area contributed by atoms with Crippen molar-refractivity contribution in [3.8, 4) is 11.1 Å². The molecular weight excluding hydrogens is 827 g/mol. The maximum atomic E-state index is 13.8. The summed E-state index contributed by atoms with van der Waals surface area (Å²) in [5.41, 5.74) is 12.7. The zero-order valence-corrected chi connectivity index (χ0v) is 32.2. The summed E-state index contributed by atoms with van der Waals surface area (Å²) in [6.07, 6.45) is 3.91. The molecule has 0 aliphatic heterocycles. The van der Waals surface area contributed by atoms with E-state index in [-0.39, 0.29) is 22.9 Å². The molecule has 21 heteroatoms. The lowest BCUT2D eigenvalue weighted by Crippen LogP contribution is -2.28. The van der Waals surface area contributed by atoms with E-state index >= 15 is 0 Å². The molecule has 7 rings (SSSR count). The molecule has 0 unspecified atom stereocenters. The lowest BCUT2D eigenvalue weighted by atomic mass is 9.92. The Labute approximate surface area is 335 Å². The van der Waals surface area contributed by atoms with E-state index in [4.69, 9.17) is 5.73 Å². The number of carbonyl (C=O) groups is 2. The molecule has 0 radical (unpaired) electrons. The van der Waals surface area contributed by atoms with Gasteiger partial charge < -0.3 is 5.73 Å². The molecule has 0 saturated heterocycles. The topological polar surface area (TPSA) is 297 Å². The van der Waals surface area contributed by atoms with Gasteiger partial charge in [0.2, 0.25) is 11.6 Å². The van der Waals surface area contributed by atoms with Crippen LogP contribution in [0.25, 0.3) is 23.3 Å². The minimum atomic E-state index is -5.20. The van der Waals surface area contributed by atoms with Crippen LogP contribution in [-0.4, -0.2) is 61.9 Å². The average Bonchev–Trinajstić information content (AvgIpc) is 3.19. The molecule has 5 aromatic carbocycles. The largest absolute Gasteiger partial charge is 0.396 e. The molecule has 7 N–H and O–H groups in total. The molecule has 0 fully saturated rings. The summed E-state index contributed by atoms with van der Waals surface area (Å²) >= 11 is 0. The molecule has 0 amide bonds. The number of allylic oxidation sites excluding steroid dienone is 2. The molecule has 18 nitrogen and oxygen atoms in total. The zero-order chi connectivity index (χ0) is 42.3. The van der Waals surface area contributed by atoms with Gasteiger partial charge in [0.25, 0.3) is 30.4 Å². The fourth-order valence-corrected chi connectivity index (χ4v) is 7.77. The number of fused-ring (bicyclic) bond motifs is 2. The molecule has 2 aliphatic rings. The van der Waals surface area contributed by atoms with Gasteiger partial charge in [-0.05, 0) is 89.0 Å². The molecule has 0 spiro atoms. The number of hydrazone groups is 2. The molecule has 0 bridgehead atoms. The number of benzene rings is 5. The summed E-state index contributed by atoms with van der Waals surface area (Å²) in [6, 6.07) is 26.0. The minimum Gasteiger partial charge on any atom is -0.396 e. The maximum absolute atomic E-state index is 13.8. The number of hydrogen-bond acceptors (Lipinski definition) is 15. The van der Waals surface area contributed by atoms with Crippen molar-refractivity contribution in [1.82, 2.24) is 0 Å². The van der Waals surface area contributed by atoms with Gasteiger partial charge in [0.15, 0.2) is 5.71 Å². The Hall–Kier alpha value is -7.01. The molecule has 0 aromatic heterocycles. The molecule has 59 heavy (non-hydrogen) atoms. The van der Waals surface area contributed by atoms with Gasteiger partial charge in [0.05, 0.1) is 33.2 Å². The smallest absolute Gasteiger partial charge is 0.296 e. The summed E-state index contributed by atoms with van der Waals surface area (Å²) in [5, 5.41) is 16.1. The van der Waals surface area contributed by atoms with Crippen molar-refractivity contribution in [2.75, 3.05) is 16.6 Å². The van der Waals surface area contributed by atoms with Crippen molar-refractivity contribution in [2.45, 2.75) is 9.79 Å². The van der Waals surface area contributed by atoms with E-state index in [0.29, 0.717) is 17.3 Å². The molecule has 0 heterocycles. The first kappa shape index (κ1) is 40.2. The van der Waals surface area contributed by atoms with Crippen molar-refractivity contribution < 1.29 is 48.5 Å². The Bertz CT molecular complexity index is 3090. The normalized spacial score (nSPS) is 15.6. The van der Waals surface area contributed by atoms with Gasteiger partial charge in [0.1, 0.15) is 21.2 Å². The van der Waals surface area contributed by atoms with Crippen molar-refractivity contribution in [1.29, 1.82) is 0 Å². The van der Waals surface area contributed by atoms with Gasteiger partial charge in [-0.25, -0.2) is 0 Å². The third-order valence-corrected chi connectivity index (χ3v) is 11.4. The van der Waals surface area contributed by atoms with E-state index in [1.165, 1.54) is 6.08 Å². The van der Waals surface area contributed by atoms with Crippen LogP contribution < -0.4 is 16.6 Å². The molecule has 298 valence electrons. The number of nitrogens with zero attached hydrogens (tertiary/aromatic N) is 4. The van der Waals surface area contributed by atoms with E-state index in [1.807, 2.05) is 36.4 Å². The van der Waals surface area contributed by atoms with E-state index in [1.54, 1.807) is 42.5 Å². The first-order chi connectivity index (χ1) is 27.9. The summed E-state index contributed by atoms with van der Waals surface area (Å²) in [4.78, 5) is 23.8. The second kappa shape index (κ2) is 15.4. The standard InChI is InChI=1S/C38H27N7O11S3/c39-34-33-24(20-32(59(54,55)56)37(38(33)47)45-42-27-14-16-28(17-15-27)57(48,49)50)19-31(58(51,52)53)36(34)44-41-26-12-7-22(8-13-26)21-5-10-25(11-6-21)40-43-35-29-4-2-1-3-23(29)9-18-30(35)46/h1-20,40,42H,39H2,(H,48,49,50)(H,51,52,53)(H,54,55,56)/b43-35+,44-41?,45-37+. The highest BCUT2D eigenvalue weighted by Crippen LogP contribution is 2.41. The number of nitrogen functional groups attached to an aromatic ring is 1. The zero-order valence-electron chi connectivity index (χ0n) is 29.7. The Morgan fingerprint density at radius 3 is 1.76 bits per heavy atom. The number of ketones is 2. The first-order valence-corrected chi connectivity index (χ1v) is 21.1. The van der Waals surface area contributed by atoms with Crippen LogP contribution in [0.5, 0.6) is 0 Å². The predicted molar refractivity (Wildman–Crippen MR) is 219 cm³/mol. The fourth-order valence-electron chi connectivity index (χ4n) is 5.96. The second-order valence-electron chi connectivity index (χ2n) is 12.6. The Kier molecular flexibility index (Phi) is 10.5. The number of Topliss-reactive ketones (excluding diaryl/α,β-unsaturated/α-hetero) is 1. The third kappa shape index (κ3) is 8.50. The number of carbonyl (C=O) groups excluding carboxylic acids is 2. The van der Waals surface area contributed by atoms with E-state index in [9.17, 15) is 48.5 Å². The number of hydrogen-bond donors (Lipinski definition) is 6. The number of azo groups is 1. The van der Waals surface area contributed by atoms with Gasteiger partial charge >= 0.3 is 0 Å². The molecule has 5 aromatic rings. The van der Waals surface area contributed by atoms with Gasteiger partial charge in [-0.3, -0.25) is 34.1 Å². The molecular formula is C38H27N7O11S3. The van der Waals surface area contributed by atoms with Crippen LogP contribution >= 0.6 is 0 Å². The van der Waals surface area contributed by atoms with Crippen LogP contribution in [0.3, 0.4) is 0 Å². The first-order valence-electron chi connectivity index (χ1n) is 16.8. The number of nitrogens with two attached hydrogens (primary N) is 1. The Morgan fingerprint density at radius 2 is 1.17 bits per heavy atom. The van der Waals surface area contributed by atoms with E-state index in [2.05, 4.69) is 31.3 Å². The van der Waals surface area contributed by atoms with Gasteiger partial charge in [-0.15, -0.1) is 5.11 Å². The lowest BCUT2D eigenvalue weighted by molar-refractivity contribution is -0.108. The van der Waals surface area contributed by atoms with Crippen molar-refractivity contribution in [3.63, 3.8) is 0 Å². The van der Waals surface area contributed by atoms with E-state index in [0.717, 1.165) is 47.0 Å². The van der Waals surface area contributed by atoms with Crippen LogP contribution in [0.1, 0.15) is 27.0 Å². The van der Waals surface area contributed by atoms with Crippen LogP contribution in [0.4, 0.5) is 28.4 Å². The lowest BCUT2D eigenvalue weighted by Gasteiger charge is -2.20. The van der Waals surface area contributed by atoms with Gasteiger partial charge in [0, 0.05) is 5.56 Å². The highest BCUT2D eigenvalue weighted by Gasteiger charge is 2.37. The molecule has 2 aliphatic carbocycles. The number of nitrogens with one attached hydrogen (secondary N) is 2. The fraction of sp³-hybridized carbons (Fsp3) is 0. The van der Waals surface area contributed by atoms with Gasteiger partial charge in [-0.1, -0.05) is 54.6 Å². The Balaban J connectivity index is 1.15. The van der Waals surface area contributed by atoms with E-state index < -0.39 is 79.0 Å². The number of anilines is 3. The maximum Gasteiger partial charge on any atom is 0.296 e. The third-order valence-electron chi connectivity index (χ3n) is 8.81. The number of rotatable bonds is 10. The van der Waals surface area contributed by atoms with Crippen molar-refractivity contribution >= 4 is 93.9 Å². The molecule has 0 atom stereocenters. The van der Waals surface area contributed by atoms with Crippen LogP contribution in [0.15, 0.2) is 144 Å². The SMILES string of the molecule is Nc1c(N=Nc2ccc(-c3ccc(N/N=C4/C(=O)C=Cc5ccccc54)cc3)cc2)c(S(=O)(=O)O)cc2c1C(=O)/C(=N/Nc1ccc(S(=O)(=O)O)cc1)C(S(=O)(=O)O)=C2. The summed E-state index contributed by atoms with van der Waals surface area (Å²) < 4.78 is 102. The second-order valence-corrected chi connectivity index (χ2v) is 16.8. The van der Waals surface area contributed by atoms with Crippen molar-refractivity contribution in [3.05, 3.63) is 136 Å². The summed E-state index contributed by atoms with van der Waals surface area (Å²) in [5.74, 6) is -1.44. The monoisotopic (exact) mass is 853 g/mol. The van der Waals surface area contributed by atoms with Crippen molar-refractivity contribution in [2.24, 2.45) is 20.4 Å². The summed E-state index contributed by atoms with van der Waals surface area (Å²) in [6.45, 7) is 0. The molecule has 0 saturated carbocycles. The highest BCUT2D eigenvalue weighted by molar-refractivity contribution is 7.91. The summed E-state index contributed by atoms with van der Waals surface area (Å²) in [7, 11) is -14.9. The Morgan fingerprint density at radius 1 is 0.593 bits per heavy atom. The average molecular weight is 854 g/mol. The predicted octanol–water partition coefficient (Wildman–Crippen LogP) is 6.15. The highest BCUT2D eigenvalue weighted by atomic mass is 32.2. The minimum absolute atomic E-state index is 0.0194.